The van der Waals surface area contributed by atoms with Crippen molar-refractivity contribution < 1.29 is 31.1 Å². The zero-order valence-corrected chi connectivity index (χ0v) is 23.5. The second-order valence-electron chi connectivity index (χ2n) is 9.75. The van der Waals surface area contributed by atoms with Crippen molar-refractivity contribution in [2.75, 3.05) is 32.8 Å². The van der Waals surface area contributed by atoms with Gasteiger partial charge in [-0.25, -0.2) is 9.97 Å². The summed E-state index contributed by atoms with van der Waals surface area (Å²) in [6.45, 7) is 2.11. The fraction of sp³-hybridized carbons (Fsp3) is 0.370. The summed E-state index contributed by atoms with van der Waals surface area (Å²) in [5.74, 6) is 0.335. The molecular weight excluding hydrogens is 609 g/mol. The highest BCUT2D eigenvalue weighted by molar-refractivity contribution is 6.42. The molecule has 226 valence electrons. The number of amides is 1. The van der Waals surface area contributed by atoms with Gasteiger partial charge in [0.05, 0.1) is 47.0 Å². The largest absolute Gasteiger partial charge is 0.416 e. The Bertz CT molecular complexity index is 1340. The number of hydrogen-bond acceptors (Lipinski definition) is 6. The summed E-state index contributed by atoms with van der Waals surface area (Å²) < 4.78 is 79.5. The van der Waals surface area contributed by atoms with Gasteiger partial charge in [-0.3, -0.25) is 14.6 Å². The molecule has 1 aliphatic rings. The molecule has 1 unspecified atom stereocenters. The summed E-state index contributed by atoms with van der Waals surface area (Å²) in [7, 11) is 0. The Hall–Kier alpha value is -2.97. The summed E-state index contributed by atoms with van der Waals surface area (Å²) in [6.07, 6.45) is -6.59. The van der Waals surface area contributed by atoms with Crippen molar-refractivity contribution >= 4 is 29.1 Å². The molecule has 3 aromatic rings. The molecule has 0 saturated carbocycles. The van der Waals surface area contributed by atoms with Crippen LogP contribution in [0.25, 0.3) is 0 Å². The average molecular weight is 635 g/mol. The molecule has 42 heavy (non-hydrogen) atoms. The minimum atomic E-state index is -4.95. The fourth-order valence-electron chi connectivity index (χ4n) is 4.48. The van der Waals surface area contributed by atoms with Gasteiger partial charge in [0.15, 0.2) is 0 Å². The Labute approximate surface area is 247 Å². The fourth-order valence-corrected chi connectivity index (χ4v) is 4.79. The van der Waals surface area contributed by atoms with E-state index in [9.17, 15) is 31.1 Å². The lowest BCUT2D eigenvalue weighted by Crippen LogP contribution is -2.41. The molecule has 0 aliphatic carbocycles. The SMILES string of the molecule is O=C(CN1CCN(Cc2ncccn2)C1)NC(CNCc1cc(C(F)(F)F)cc(C(F)(F)F)c1)c1ccc(Cl)c(Cl)c1. The molecule has 2 heterocycles. The highest BCUT2D eigenvalue weighted by Gasteiger charge is 2.37. The molecule has 2 N–H and O–H groups in total. The van der Waals surface area contributed by atoms with Gasteiger partial charge >= 0.3 is 12.4 Å². The van der Waals surface area contributed by atoms with Gasteiger partial charge in [-0.2, -0.15) is 26.3 Å². The third-order valence-electron chi connectivity index (χ3n) is 6.49. The molecule has 1 amide bonds. The number of benzene rings is 2. The molecule has 1 aliphatic heterocycles. The highest BCUT2D eigenvalue weighted by Crippen LogP contribution is 2.36. The monoisotopic (exact) mass is 634 g/mol. The smallest absolute Gasteiger partial charge is 0.347 e. The van der Waals surface area contributed by atoms with Crippen LogP contribution in [0, 0.1) is 0 Å². The first kappa shape index (κ1) is 32.0. The number of nitrogens with zero attached hydrogens (tertiary/aromatic N) is 4. The summed E-state index contributed by atoms with van der Waals surface area (Å²) in [5, 5.41) is 6.25. The first-order valence-electron chi connectivity index (χ1n) is 12.7. The van der Waals surface area contributed by atoms with Gasteiger partial charge < -0.3 is 10.6 Å². The van der Waals surface area contributed by atoms with E-state index in [2.05, 4.69) is 25.5 Å². The summed E-state index contributed by atoms with van der Waals surface area (Å²) in [5.41, 5.74) is -2.46. The first-order valence-corrected chi connectivity index (χ1v) is 13.5. The van der Waals surface area contributed by atoms with E-state index in [0.29, 0.717) is 49.8 Å². The van der Waals surface area contributed by atoms with Crippen molar-refractivity contribution in [2.45, 2.75) is 31.5 Å². The van der Waals surface area contributed by atoms with Gasteiger partial charge in [-0.1, -0.05) is 29.3 Å². The maximum absolute atomic E-state index is 13.3. The van der Waals surface area contributed by atoms with E-state index < -0.39 is 29.5 Å². The lowest BCUT2D eigenvalue weighted by atomic mass is 10.0. The van der Waals surface area contributed by atoms with Crippen LogP contribution in [0.1, 0.15) is 34.1 Å². The number of aromatic nitrogens is 2. The van der Waals surface area contributed by atoms with Gasteiger partial charge in [0.25, 0.3) is 0 Å². The molecule has 7 nitrogen and oxygen atoms in total. The average Bonchev–Trinajstić information content (AvgIpc) is 3.35. The molecule has 1 fully saturated rings. The second kappa shape index (κ2) is 13.6. The number of hydrogen-bond donors (Lipinski definition) is 2. The predicted octanol–water partition coefficient (Wildman–Crippen LogP) is 5.54. The number of halogens is 8. The Morgan fingerprint density at radius 1 is 0.905 bits per heavy atom. The van der Waals surface area contributed by atoms with Crippen molar-refractivity contribution in [2.24, 2.45) is 0 Å². The van der Waals surface area contributed by atoms with E-state index in [1.807, 2.05) is 4.90 Å². The molecule has 4 rings (SSSR count). The van der Waals surface area contributed by atoms with Crippen LogP contribution in [-0.4, -0.2) is 58.5 Å². The Morgan fingerprint density at radius 3 is 2.17 bits per heavy atom. The summed E-state index contributed by atoms with van der Waals surface area (Å²) >= 11 is 12.2. The minimum Gasteiger partial charge on any atom is -0.347 e. The molecule has 0 radical (unpaired) electrons. The topological polar surface area (TPSA) is 73.4 Å². The van der Waals surface area contributed by atoms with Crippen LogP contribution in [0.4, 0.5) is 26.3 Å². The Balaban J connectivity index is 1.41. The normalized spacial score (nSPS) is 15.6. The van der Waals surface area contributed by atoms with Crippen molar-refractivity contribution in [3.05, 3.63) is 93.0 Å². The summed E-state index contributed by atoms with van der Waals surface area (Å²) in [4.78, 5) is 25.4. The molecule has 0 spiro atoms. The van der Waals surface area contributed by atoms with Crippen molar-refractivity contribution in [3.8, 4) is 0 Å². The van der Waals surface area contributed by atoms with Crippen LogP contribution in [0.15, 0.2) is 54.9 Å². The van der Waals surface area contributed by atoms with Gasteiger partial charge in [-0.15, -0.1) is 0 Å². The van der Waals surface area contributed by atoms with Crippen molar-refractivity contribution in [3.63, 3.8) is 0 Å². The Kier molecular flexibility index (Phi) is 10.3. The zero-order valence-electron chi connectivity index (χ0n) is 21.9. The Morgan fingerprint density at radius 2 is 1.55 bits per heavy atom. The zero-order chi connectivity index (χ0) is 30.5. The molecule has 1 atom stereocenters. The number of carbonyl (C=O) groups is 1. The van der Waals surface area contributed by atoms with E-state index in [0.717, 1.165) is 0 Å². The minimum absolute atomic E-state index is 0.0151. The highest BCUT2D eigenvalue weighted by atomic mass is 35.5. The van der Waals surface area contributed by atoms with E-state index in [-0.39, 0.29) is 47.2 Å². The lowest BCUT2D eigenvalue weighted by molar-refractivity contribution is -0.143. The molecule has 1 aromatic heterocycles. The maximum atomic E-state index is 13.3. The quantitative estimate of drug-likeness (QED) is 0.285. The molecule has 0 bridgehead atoms. The van der Waals surface area contributed by atoms with Gasteiger partial charge in [0.2, 0.25) is 5.91 Å². The van der Waals surface area contributed by atoms with E-state index >= 15 is 0 Å². The van der Waals surface area contributed by atoms with Crippen LogP contribution in [0.3, 0.4) is 0 Å². The lowest BCUT2D eigenvalue weighted by Gasteiger charge is -2.23. The molecule has 2 aromatic carbocycles. The van der Waals surface area contributed by atoms with Crippen LogP contribution in [0.2, 0.25) is 10.0 Å². The van der Waals surface area contributed by atoms with E-state index in [1.54, 1.807) is 30.6 Å². The maximum Gasteiger partial charge on any atom is 0.416 e. The number of nitrogens with one attached hydrogen (secondary N) is 2. The van der Waals surface area contributed by atoms with Crippen molar-refractivity contribution in [1.29, 1.82) is 0 Å². The second-order valence-corrected chi connectivity index (χ2v) is 10.6. The predicted molar refractivity (Wildman–Crippen MR) is 144 cm³/mol. The van der Waals surface area contributed by atoms with Gasteiger partial charge in [0, 0.05) is 38.6 Å². The molecular formula is C27H26Cl2F6N6O. The first-order chi connectivity index (χ1) is 19.8. The summed E-state index contributed by atoms with van der Waals surface area (Å²) in [6, 6.07) is 7.12. The van der Waals surface area contributed by atoms with Crippen LogP contribution in [0.5, 0.6) is 0 Å². The number of rotatable bonds is 10. The van der Waals surface area contributed by atoms with Crippen LogP contribution >= 0.6 is 23.2 Å². The standard InChI is InChI=1S/C27H26Cl2F6N6O/c28-21-3-2-18(10-22(21)29)23(13-36-12-17-8-19(26(30,31)32)11-20(9-17)27(33,34)35)39-25(42)15-41-7-6-40(16-41)14-24-37-4-1-5-38-24/h1-5,8-11,23,36H,6-7,12-16H2,(H,39,42). The third kappa shape index (κ3) is 9.01. The molecule has 1 saturated heterocycles. The van der Waals surface area contributed by atoms with Crippen molar-refractivity contribution in [1.82, 2.24) is 30.4 Å². The number of alkyl halides is 6. The van der Waals surface area contributed by atoms with Crippen LogP contribution < -0.4 is 10.6 Å². The van der Waals surface area contributed by atoms with Gasteiger partial charge in [-0.05, 0) is 47.5 Å². The van der Waals surface area contributed by atoms with Crippen LogP contribution in [-0.2, 0) is 30.2 Å². The van der Waals surface area contributed by atoms with E-state index in [1.165, 1.54) is 6.07 Å². The van der Waals surface area contributed by atoms with E-state index in [4.69, 9.17) is 23.2 Å². The molecule has 15 heteroatoms. The van der Waals surface area contributed by atoms with Gasteiger partial charge in [0.1, 0.15) is 5.82 Å². The number of carbonyl (C=O) groups excluding carboxylic acids is 1. The third-order valence-corrected chi connectivity index (χ3v) is 7.23.